The average molecular weight is 373 g/mol. The van der Waals surface area contributed by atoms with Gasteiger partial charge in [0.15, 0.2) is 5.65 Å². The second-order valence-electron chi connectivity index (χ2n) is 5.00. The summed E-state index contributed by atoms with van der Waals surface area (Å²) < 4.78 is 40.2. The quantitative estimate of drug-likeness (QED) is 0.488. The molecule has 3 aromatic heterocycles. The van der Waals surface area contributed by atoms with E-state index in [1.54, 1.807) is 35.6 Å². The largest absolute Gasteiger partial charge is 0.417 e. The van der Waals surface area contributed by atoms with Crippen LogP contribution >= 0.6 is 23.4 Å². The Hall–Kier alpha value is -1.80. The normalized spacial score (nSPS) is 12.1. The molecule has 4 nitrogen and oxygen atoms in total. The van der Waals surface area contributed by atoms with Crippen LogP contribution in [-0.2, 0) is 13.2 Å². The second-order valence-corrected chi connectivity index (χ2v) is 6.69. The van der Waals surface area contributed by atoms with E-state index < -0.39 is 11.7 Å². The Balaban J connectivity index is 2.21. The van der Waals surface area contributed by atoms with Gasteiger partial charge >= 0.3 is 6.18 Å². The van der Waals surface area contributed by atoms with Gasteiger partial charge < -0.3 is 4.57 Å². The van der Waals surface area contributed by atoms with Crippen molar-refractivity contribution in [2.24, 2.45) is 7.05 Å². The van der Waals surface area contributed by atoms with Gasteiger partial charge in [0.1, 0.15) is 16.5 Å². The first-order chi connectivity index (χ1) is 11.3. The molecular formula is C15H12ClF3N4S. The Morgan fingerprint density at radius 1 is 1.21 bits per heavy atom. The topological polar surface area (TPSA) is 43.6 Å². The zero-order valence-electron chi connectivity index (χ0n) is 12.7. The van der Waals surface area contributed by atoms with Gasteiger partial charge in [-0.1, -0.05) is 18.5 Å². The molecule has 3 heterocycles. The van der Waals surface area contributed by atoms with Crippen molar-refractivity contribution in [2.75, 3.05) is 5.75 Å². The lowest BCUT2D eigenvalue weighted by molar-refractivity contribution is -0.137. The lowest BCUT2D eigenvalue weighted by atomic mass is 10.2. The molecule has 3 rings (SSSR count). The third-order valence-electron chi connectivity index (χ3n) is 3.41. The highest BCUT2D eigenvalue weighted by atomic mass is 35.5. The van der Waals surface area contributed by atoms with Gasteiger partial charge in [-0.25, -0.2) is 15.0 Å². The van der Waals surface area contributed by atoms with Gasteiger partial charge in [-0.15, -0.1) is 11.8 Å². The van der Waals surface area contributed by atoms with Crippen molar-refractivity contribution in [3.8, 4) is 11.4 Å². The Labute approximate surface area is 145 Å². The van der Waals surface area contributed by atoms with Crippen LogP contribution < -0.4 is 0 Å². The molecule has 0 atom stereocenters. The first-order valence-corrected chi connectivity index (χ1v) is 8.36. The number of imidazole rings is 1. The standard InChI is InChI=1S/C15H12ClF3N4S/c1-3-24-11-7-20-12(16)5-9(11)13-22-10-4-8(15(17,18)19)6-21-14(10)23(13)2/h4-7H,3H2,1-2H3. The minimum Gasteiger partial charge on any atom is -0.312 e. The van der Waals surface area contributed by atoms with Crippen LogP contribution in [0.1, 0.15) is 12.5 Å². The van der Waals surface area contributed by atoms with Crippen molar-refractivity contribution in [3.63, 3.8) is 0 Å². The first-order valence-electron chi connectivity index (χ1n) is 6.99. The van der Waals surface area contributed by atoms with Crippen molar-refractivity contribution >= 4 is 34.5 Å². The zero-order valence-corrected chi connectivity index (χ0v) is 14.3. The van der Waals surface area contributed by atoms with Gasteiger partial charge in [-0.3, -0.25) is 0 Å². The summed E-state index contributed by atoms with van der Waals surface area (Å²) in [6.07, 6.45) is -2.00. The number of halogens is 4. The van der Waals surface area contributed by atoms with E-state index in [1.165, 1.54) is 0 Å². The minimum absolute atomic E-state index is 0.183. The summed E-state index contributed by atoms with van der Waals surface area (Å²) in [5, 5.41) is 0.293. The van der Waals surface area contributed by atoms with E-state index in [-0.39, 0.29) is 5.52 Å². The molecule has 0 aliphatic carbocycles. The number of aryl methyl sites for hydroxylation is 1. The predicted molar refractivity (Wildman–Crippen MR) is 88.2 cm³/mol. The number of aromatic nitrogens is 4. The van der Waals surface area contributed by atoms with E-state index in [4.69, 9.17) is 11.6 Å². The van der Waals surface area contributed by atoms with Gasteiger partial charge in [0.25, 0.3) is 0 Å². The fourth-order valence-corrected chi connectivity index (χ4v) is 3.24. The smallest absolute Gasteiger partial charge is 0.312 e. The number of thioether (sulfide) groups is 1. The molecule has 126 valence electrons. The molecule has 0 spiro atoms. The van der Waals surface area contributed by atoms with E-state index in [0.717, 1.165) is 28.5 Å². The van der Waals surface area contributed by atoms with E-state index in [2.05, 4.69) is 15.0 Å². The van der Waals surface area contributed by atoms with Gasteiger partial charge in [-0.05, 0) is 17.9 Å². The van der Waals surface area contributed by atoms with Crippen LogP contribution in [0.2, 0.25) is 5.15 Å². The van der Waals surface area contributed by atoms with E-state index in [9.17, 15) is 13.2 Å². The number of pyridine rings is 2. The zero-order chi connectivity index (χ0) is 17.5. The summed E-state index contributed by atoms with van der Waals surface area (Å²) in [5.74, 6) is 1.31. The molecule has 0 unspecified atom stereocenters. The van der Waals surface area contributed by atoms with Crippen LogP contribution in [0, 0.1) is 0 Å². The van der Waals surface area contributed by atoms with Gasteiger partial charge in [0.05, 0.1) is 5.56 Å². The summed E-state index contributed by atoms with van der Waals surface area (Å²) in [5.41, 5.74) is 0.451. The Bertz CT molecular complexity index is 908. The number of hydrogen-bond acceptors (Lipinski definition) is 4. The molecular weight excluding hydrogens is 361 g/mol. The summed E-state index contributed by atoms with van der Waals surface area (Å²) in [6.45, 7) is 2.00. The Morgan fingerprint density at radius 3 is 2.62 bits per heavy atom. The van der Waals surface area contributed by atoms with Crippen LogP contribution in [0.4, 0.5) is 13.2 Å². The molecule has 0 N–H and O–H groups in total. The molecule has 9 heteroatoms. The fraction of sp³-hybridized carbons (Fsp3) is 0.267. The Kier molecular flexibility index (Phi) is 4.44. The van der Waals surface area contributed by atoms with Crippen molar-refractivity contribution in [3.05, 3.63) is 35.2 Å². The number of alkyl halides is 3. The minimum atomic E-state index is -4.46. The molecule has 0 aromatic carbocycles. The van der Waals surface area contributed by atoms with Crippen LogP contribution in [0.5, 0.6) is 0 Å². The summed E-state index contributed by atoms with van der Waals surface area (Å²) in [6, 6.07) is 2.66. The molecule has 0 saturated heterocycles. The first kappa shape index (κ1) is 17.0. The van der Waals surface area contributed by atoms with E-state index in [0.29, 0.717) is 16.6 Å². The van der Waals surface area contributed by atoms with Crippen LogP contribution in [0.3, 0.4) is 0 Å². The molecule has 0 aliphatic rings. The van der Waals surface area contributed by atoms with Crippen LogP contribution in [-0.4, -0.2) is 25.3 Å². The van der Waals surface area contributed by atoms with Crippen molar-refractivity contribution in [1.82, 2.24) is 19.5 Å². The highest BCUT2D eigenvalue weighted by Crippen LogP contribution is 2.35. The Morgan fingerprint density at radius 2 is 1.96 bits per heavy atom. The highest BCUT2D eigenvalue weighted by Gasteiger charge is 2.31. The predicted octanol–water partition coefficient (Wildman–Crippen LogP) is 4.81. The van der Waals surface area contributed by atoms with Crippen molar-refractivity contribution < 1.29 is 13.2 Å². The lowest BCUT2D eigenvalue weighted by Gasteiger charge is -2.08. The lowest BCUT2D eigenvalue weighted by Crippen LogP contribution is -2.05. The monoisotopic (exact) mass is 372 g/mol. The summed E-state index contributed by atoms with van der Waals surface area (Å²) in [7, 11) is 1.71. The van der Waals surface area contributed by atoms with Crippen molar-refractivity contribution in [1.29, 1.82) is 0 Å². The number of nitrogens with zero attached hydrogens (tertiary/aromatic N) is 4. The molecule has 0 fully saturated rings. The van der Waals surface area contributed by atoms with Gasteiger partial charge in [0.2, 0.25) is 0 Å². The van der Waals surface area contributed by atoms with E-state index in [1.807, 2.05) is 6.92 Å². The number of fused-ring (bicyclic) bond motifs is 1. The van der Waals surface area contributed by atoms with E-state index >= 15 is 0 Å². The SMILES string of the molecule is CCSc1cnc(Cl)cc1-c1nc2cc(C(F)(F)F)cnc2n1C. The second kappa shape index (κ2) is 6.25. The average Bonchev–Trinajstić information content (AvgIpc) is 2.85. The maximum Gasteiger partial charge on any atom is 0.417 e. The van der Waals surface area contributed by atoms with Crippen LogP contribution in [0.15, 0.2) is 29.4 Å². The fourth-order valence-electron chi connectivity index (χ4n) is 2.33. The molecule has 0 amide bonds. The summed E-state index contributed by atoms with van der Waals surface area (Å²) >= 11 is 7.54. The number of hydrogen-bond donors (Lipinski definition) is 0. The number of rotatable bonds is 3. The van der Waals surface area contributed by atoms with Crippen LogP contribution in [0.25, 0.3) is 22.6 Å². The maximum atomic E-state index is 12.9. The molecule has 3 aromatic rings. The molecule has 24 heavy (non-hydrogen) atoms. The molecule has 0 saturated carbocycles. The molecule has 0 bridgehead atoms. The van der Waals surface area contributed by atoms with Gasteiger partial charge in [0, 0.05) is 29.9 Å². The van der Waals surface area contributed by atoms with Crippen molar-refractivity contribution in [2.45, 2.75) is 18.0 Å². The maximum absolute atomic E-state index is 12.9. The third kappa shape index (κ3) is 3.08. The third-order valence-corrected chi connectivity index (χ3v) is 4.54. The highest BCUT2D eigenvalue weighted by molar-refractivity contribution is 7.99. The molecule has 0 radical (unpaired) electrons. The van der Waals surface area contributed by atoms with Gasteiger partial charge in [-0.2, -0.15) is 13.2 Å². The molecule has 0 aliphatic heterocycles. The summed E-state index contributed by atoms with van der Waals surface area (Å²) in [4.78, 5) is 13.2.